The van der Waals surface area contributed by atoms with Crippen molar-refractivity contribution in [2.24, 2.45) is 27.7 Å². The summed E-state index contributed by atoms with van der Waals surface area (Å²) in [6, 6.07) is 19.1. The smallest absolute Gasteiger partial charge is 0.265 e. The fourth-order valence-electron chi connectivity index (χ4n) is 5.88. The fourth-order valence-corrected chi connectivity index (χ4v) is 5.88. The van der Waals surface area contributed by atoms with Gasteiger partial charge < -0.3 is 9.64 Å². The van der Waals surface area contributed by atoms with E-state index in [0.717, 1.165) is 46.1 Å². The molecule has 2 N–H and O–H groups in total. The van der Waals surface area contributed by atoms with Crippen molar-refractivity contribution >= 4 is 12.1 Å². The maximum Gasteiger partial charge on any atom is 0.265 e. The van der Waals surface area contributed by atoms with Crippen molar-refractivity contribution in [2.75, 3.05) is 13.1 Å². The van der Waals surface area contributed by atoms with E-state index in [1.165, 1.54) is 38.8 Å². The van der Waals surface area contributed by atoms with Crippen LogP contribution in [0.25, 0.3) is 0 Å². The molecule has 2 unspecified atom stereocenters. The summed E-state index contributed by atoms with van der Waals surface area (Å²) < 4.78 is 6.16. The van der Waals surface area contributed by atoms with Crippen LogP contribution in [0.3, 0.4) is 0 Å². The first kappa shape index (κ1) is 22.4. The van der Waals surface area contributed by atoms with Crippen molar-refractivity contribution in [1.29, 1.82) is 0 Å². The average Bonchev–Trinajstić information content (AvgIpc) is 3.40. The Morgan fingerprint density at radius 2 is 1.97 bits per heavy atom. The molecule has 0 amide bonds. The van der Waals surface area contributed by atoms with Crippen LogP contribution in [-0.4, -0.2) is 40.7 Å². The highest BCUT2D eigenvalue weighted by atomic mass is 16.5. The molecule has 6 heteroatoms. The Bertz CT molecular complexity index is 1210. The molecule has 3 aliphatic heterocycles. The van der Waals surface area contributed by atoms with Crippen molar-refractivity contribution in [3.05, 3.63) is 89.5 Å². The number of hydrogen-bond acceptors (Lipinski definition) is 5. The van der Waals surface area contributed by atoms with E-state index in [1.54, 1.807) is 6.20 Å². The number of quaternary nitrogens is 1. The van der Waals surface area contributed by atoms with Gasteiger partial charge in [-0.3, -0.25) is 4.99 Å². The van der Waals surface area contributed by atoms with Gasteiger partial charge in [0.2, 0.25) is 5.70 Å². The Labute approximate surface area is 207 Å². The van der Waals surface area contributed by atoms with Gasteiger partial charge in [-0.05, 0) is 68.8 Å². The summed E-state index contributed by atoms with van der Waals surface area (Å²) >= 11 is 0. The third kappa shape index (κ3) is 4.27. The molecule has 0 spiro atoms. The van der Waals surface area contributed by atoms with Crippen molar-refractivity contribution in [1.82, 2.24) is 4.90 Å². The Morgan fingerprint density at radius 3 is 2.77 bits per heavy atom. The predicted molar refractivity (Wildman–Crippen MR) is 139 cm³/mol. The second kappa shape index (κ2) is 9.19. The lowest BCUT2D eigenvalue weighted by atomic mass is 9.72. The predicted octanol–water partition coefficient (Wildman–Crippen LogP) is 4.99. The van der Waals surface area contributed by atoms with E-state index in [2.05, 4.69) is 35.0 Å². The van der Waals surface area contributed by atoms with Crippen LogP contribution in [0, 0.1) is 11.8 Å². The van der Waals surface area contributed by atoms with Gasteiger partial charge in [-0.1, -0.05) is 36.4 Å². The van der Waals surface area contributed by atoms with Crippen LogP contribution < -0.4 is 10.6 Å². The first-order valence-electron chi connectivity index (χ1n) is 12.8. The lowest BCUT2D eigenvalue weighted by Crippen LogP contribution is -2.53. The van der Waals surface area contributed by atoms with Crippen LogP contribution in [-0.2, 0) is 6.61 Å². The van der Waals surface area contributed by atoms with Gasteiger partial charge in [0.05, 0.1) is 18.0 Å². The standard InChI is InChI=1S/C29H34N5O/c1-21-7-6-13-33(21)19-23-15-25(16-23)28-27-18-31-12-14-34(27,30)29(32-28)24-10-5-11-26(17-24)35-20-22-8-3-2-4-9-22/h2-5,8-12,14,17-18,21,23,25H,6-7,13,15-16,19-20,30H2,1H3/q+1. The number of amidine groups is 1. The zero-order valence-electron chi connectivity index (χ0n) is 20.4. The summed E-state index contributed by atoms with van der Waals surface area (Å²) in [4.78, 5) is 12.2. The number of likely N-dealkylation sites (tertiary alicyclic amines) is 1. The number of hydrogen-bond donors (Lipinski definition) is 1. The molecule has 1 aliphatic carbocycles. The number of allylic oxidation sites excluding steroid dienone is 2. The maximum atomic E-state index is 6.97. The topological polar surface area (TPSA) is 63.2 Å². The van der Waals surface area contributed by atoms with Crippen molar-refractivity contribution in [2.45, 2.75) is 45.3 Å². The molecule has 6 nitrogen and oxygen atoms in total. The Kier molecular flexibility index (Phi) is 5.88. The van der Waals surface area contributed by atoms with Crippen LogP contribution in [0.5, 0.6) is 5.75 Å². The summed E-state index contributed by atoms with van der Waals surface area (Å²) in [6.07, 6.45) is 10.6. The van der Waals surface area contributed by atoms with Crippen LogP contribution in [0.2, 0.25) is 0 Å². The summed E-state index contributed by atoms with van der Waals surface area (Å²) in [6.45, 7) is 5.36. The molecule has 1 saturated carbocycles. The van der Waals surface area contributed by atoms with Gasteiger partial charge >= 0.3 is 0 Å². The Morgan fingerprint density at radius 1 is 1.11 bits per heavy atom. The molecule has 0 bridgehead atoms. The molecule has 0 radical (unpaired) electrons. The van der Waals surface area contributed by atoms with E-state index < -0.39 is 0 Å². The highest BCUT2D eigenvalue weighted by molar-refractivity contribution is 6.00. The number of fused-ring (bicyclic) bond motifs is 1. The van der Waals surface area contributed by atoms with Gasteiger partial charge in [0, 0.05) is 18.5 Å². The van der Waals surface area contributed by atoms with E-state index in [-0.39, 0.29) is 4.59 Å². The highest BCUT2D eigenvalue weighted by Crippen LogP contribution is 2.45. The SMILES string of the molecule is CC1CCCN1CC1CC(C2=C3C=NC=C[N+]3(N)C(c3cccc(OCc4ccccc4)c3)=N2)C1. The van der Waals surface area contributed by atoms with Crippen molar-refractivity contribution in [3.8, 4) is 5.75 Å². The lowest BCUT2D eigenvalue weighted by molar-refractivity contribution is -0.750. The largest absolute Gasteiger partial charge is 0.489 e. The molecule has 1 saturated heterocycles. The minimum absolute atomic E-state index is 0.0747. The summed E-state index contributed by atoms with van der Waals surface area (Å²) in [5.74, 6) is 9.81. The minimum Gasteiger partial charge on any atom is -0.489 e. The molecule has 3 heterocycles. The number of rotatable bonds is 7. The molecule has 2 aromatic carbocycles. The normalized spacial score (nSPS) is 29.8. The van der Waals surface area contributed by atoms with Gasteiger partial charge in [0.25, 0.3) is 5.84 Å². The average molecular weight is 469 g/mol. The van der Waals surface area contributed by atoms with Gasteiger partial charge in [0.15, 0.2) is 0 Å². The fraction of sp³-hybridized carbons (Fsp3) is 0.379. The van der Waals surface area contributed by atoms with E-state index in [1.807, 2.05) is 48.8 Å². The third-order valence-corrected chi connectivity index (χ3v) is 7.97. The minimum atomic E-state index is 0.0747. The lowest BCUT2D eigenvalue weighted by Gasteiger charge is -2.38. The molecule has 2 atom stereocenters. The molecule has 6 rings (SSSR count). The molecule has 0 aromatic heterocycles. The van der Waals surface area contributed by atoms with Crippen molar-refractivity contribution < 1.29 is 9.33 Å². The second-order valence-electron chi connectivity index (χ2n) is 10.4. The van der Waals surface area contributed by atoms with Crippen molar-refractivity contribution in [3.63, 3.8) is 0 Å². The number of benzene rings is 2. The number of nitrogens with zero attached hydrogens (tertiary/aromatic N) is 4. The molecule has 180 valence electrons. The van der Waals surface area contributed by atoms with Gasteiger partial charge in [-0.2, -0.15) is 10.8 Å². The summed E-state index contributed by atoms with van der Waals surface area (Å²) in [5, 5.41) is 0. The zero-order chi connectivity index (χ0) is 23.8. The molecule has 35 heavy (non-hydrogen) atoms. The highest BCUT2D eigenvalue weighted by Gasteiger charge is 2.48. The third-order valence-electron chi connectivity index (χ3n) is 7.97. The van der Waals surface area contributed by atoms with Crippen LogP contribution in [0.15, 0.2) is 88.4 Å². The first-order chi connectivity index (χ1) is 17.1. The van der Waals surface area contributed by atoms with E-state index in [4.69, 9.17) is 15.6 Å². The number of ether oxygens (including phenoxy) is 1. The molecule has 2 aromatic rings. The second-order valence-corrected chi connectivity index (χ2v) is 10.4. The van der Waals surface area contributed by atoms with E-state index in [0.29, 0.717) is 12.5 Å². The molecular formula is C29H34N5O+. The van der Waals surface area contributed by atoms with Gasteiger partial charge in [-0.15, -0.1) is 4.59 Å². The first-order valence-corrected chi connectivity index (χ1v) is 12.8. The van der Waals surface area contributed by atoms with E-state index in [9.17, 15) is 0 Å². The number of aliphatic imine (C=N–C) groups is 2. The summed E-state index contributed by atoms with van der Waals surface area (Å²) in [5.41, 5.74) is 4.23. The van der Waals surface area contributed by atoms with Crippen LogP contribution in [0.1, 0.15) is 43.7 Å². The monoisotopic (exact) mass is 468 g/mol. The summed E-state index contributed by atoms with van der Waals surface area (Å²) in [7, 11) is 0. The maximum absolute atomic E-state index is 6.97. The Balaban J connectivity index is 1.20. The van der Waals surface area contributed by atoms with Gasteiger partial charge in [-0.25, -0.2) is 0 Å². The molecule has 2 fully saturated rings. The van der Waals surface area contributed by atoms with E-state index >= 15 is 0 Å². The molecule has 4 aliphatic rings. The van der Waals surface area contributed by atoms with Gasteiger partial charge in [0.1, 0.15) is 24.3 Å². The quantitative estimate of drug-likeness (QED) is 0.460. The Hall–Kier alpha value is -3.06. The van der Waals surface area contributed by atoms with Crippen LogP contribution >= 0.6 is 0 Å². The molecular weight excluding hydrogens is 434 g/mol. The van der Waals surface area contributed by atoms with Crippen LogP contribution in [0.4, 0.5) is 0 Å². The number of nitrogens with two attached hydrogens (primary N) is 1. The zero-order valence-corrected chi connectivity index (χ0v) is 20.4.